The molecule has 4 nitrogen and oxygen atoms in total. The van der Waals surface area contributed by atoms with Gasteiger partial charge in [0.15, 0.2) is 6.61 Å². The van der Waals surface area contributed by atoms with Gasteiger partial charge >= 0.3 is 0 Å². The van der Waals surface area contributed by atoms with Gasteiger partial charge in [-0.05, 0) is 30.7 Å². The fourth-order valence-corrected chi connectivity index (χ4v) is 1.99. The van der Waals surface area contributed by atoms with E-state index in [0.717, 1.165) is 5.56 Å². The van der Waals surface area contributed by atoms with Crippen molar-refractivity contribution in [2.24, 2.45) is 0 Å². The molecule has 0 atom stereocenters. The number of hydrogen-bond donors (Lipinski definition) is 2. The Kier molecular flexibility index (Phi) is 4.48. The van der Waals surface area contributed by atoms with Crippen LogP contribution in [0.4, 0.5) is 11.4 Å². The van der Waals surface area contributed by atoms with Crippen LogP contribution in [0.5, 0.6) is 5.75 Å². The van der Waals surface area contributed by atoms with Crippen molar-refractivity contribution in [2.75, 3.05) is 17.7 Å². The molecule has 104 valence electrons. The lowest BCUT2D eigenvalue weighted by Gasteiger charge is -2.11. The lowest BCUT2D eigenvalue weighted by molar-refractivity contribution is -0.118. The van der Waals surface area contributed by atoms with Crippen LogP contribution in [-0.4, -0.2) is 12.5 Å². The maximum Gasteiger partial charge on any atom is 0.262 e. The van der Waals surface area contributed by atoms with Crippen molar-refractivity contribution >= 4 is 28.9 Å². The van der Waals surface area contributed by atoms with E-state index < -0.39 is 0 Å². The summed E-state index contributed by atoms with van der Waals surface area (Å²) in [5.41, 5.74) is 7.72. The van der Waals surface area contributed by atoms with E-state index in [4.69, 9.17) is 22.1 Å². The second-order valence-electron chi connectivity index (χ2n) is 4.31. The quantitative estimate of drug-likeness (QED) is 0.850. The average molecular weight is 291 g/mol. The standard InChI is InChI=1S/C15H15ClN2O2/c1-10-5-4-6-11(16)15(10)18-14(19)9-20-13-8-3-2-7-12(13)17/h2-8H,9,17H2,1H3,(H,18,19). The second-order valence-corrected chi connectivity index (χ2v) is 4.71. The molecule has 0 aromatic heterocycles. The van der Waals surface area contributed by atoms with E-state index in [9.17, 15) is 4.79 Å². The smallest absolute Gasteiger partial charge is 0.262 e. The highest BCUT2D eigenvalue weighted by Gasteiger charge is 2.09. The van der Waals surface area contributed by atoms with E-state index in [-0.39, 0.29) is 12.5 Å². The molecule has 0 fully saturated rings. The number of halogens is 1. The monoisotopic (exact) mass is 290 g/mol. The Balaban J connectivity index is 1.98. The molecule has 0 spiro atoms. The molecular weight excluding hydrogens is 276 g/mol. The summed E-state index contributed by atoms with van der Waals surface area (Å²) >= 11 is 6.04. The molecule has 0 aliphatic carbocycles. The van der Waals surface area contributed by atoms with Crippen molar-refractivity contribution in [1.29, 1.82) is 0 Å². The summed E-state index contributed by atoms with van der Waals surface area (Å²) in [7, 11) is 0. The van der Waals surface area contributed by atoms with Gasteiger partial charge in [-0.2, -0.15) is 0 Å². The summed E-state index contributed by atoms with van der Waals surface area (Å²) in [4.78, 5) is 11.9. The summed E-state index contributed by atoms with van der Waals surface area (Å²) in [6, 6.07) is 12.4. The van der Waals surface area contributed by atoms with E-state index in [1.54, 1.807) is 30.3 Å². The Hall–Kier alpha value is -2.20. The summed E-state index contributed by atoms with van der Waals surface area (Å²) in [5, 5.41) is 3.23. The van der Waals surface area contributed by atoms with Crippen LogP contribution in [0.3, 0.4) is 0 Å². The normalized spacial score (nSPS) is 10.1. The zero-order valence-electron chi connectivity index (χ0n) is 11.0. The van der Waals surface area contributed by atoms with Gasteiger partial charge in [0.25, 0.3) is 5.91 Å². The summed E-state index contributed by atoms with van der Waals surface area (Å²) < 4.78 is 5.37. The first kappa shape index (κ1) is 14.2. The Morgan fingerprint density at radius 1 is 1.25 bits per heavy atom. The maximum absolute atomic E-state index is 11.9. The third-order valence-electron chi connectivity index (χ3n) is 2.76. The molecule has 2 aromatic carbocycles. The van der Waals surface area contributed by atoms with Crippen molar-refractivity contribution in [3.63, 3.8) is 0 Å². The minimum absolute atomic E-state index is 0.126. The molecule has 2 rings (SSSR count). The van der Waals surface area contributed by atoms with Crippen LogP contribution in [0.25, 0.3) is 0 Å². The SMILES string of the molecule is Cc1cccc(Cl)c1NC(=O)COc1ccccc1N. The summed E-state index contributed by atoms with van der Waals surface area (Å²) in [6.45, 7) is 1.75. The first-order chi connectivity index (χ1) is 9.58. The van der Waals surface area contributed by atoms with Crippen LogP contribution in [0.1, 0.15) is 5.56 Å². The number of nitrogens with one attached hydrogen (secondary N) is 1. The molecule has 0 aliphatic heterocycles. The first-order valence-corrected chi connectivity index (χ1v) is 6.48. The number of hydrogen-bond acceptors (Lipinski definition) is 3. The van der Waals surface area contributed by atoms with Crippen LogP contribution < -0.4 is 15.8 Å². The van der Waals surface area contributed by atoms with Gasteiger partial charge in [-0.25, -0.2) is 0 Å². The van der Waals surface area contributed by atoms with Crippen molar-refractivity contribution in [1.82, 2.24) is 0 Å². The molecule has 1 amide bonds. The number of benzene rings is 2. The molecular formula is C15H15ClN2O2. The minimum atomic E-state index is -0.288. The van der Waals surface area contributed by atoms with Crippen molar-refractivity contribution in [3.05, 3.63) is 53.1 Å². The predicted octanol–water partition coefficient (Wildman–Crippen LogP) is 3.25. The van der Waals surface area contributed by atoms with E-state index >= 15 is 0 Å². The number of rotatable bonds is 4. The van der Waals surface area contributed by atoms with Gasteiger partial charge in [-0.1, -0.05) is 35.9 Å². The van der Waals surface area contributed by atoms with Gasteiger partial charge in [0.2, 0.25) is 0 Å². The molecule has 5 heteroatoms. The van der Waals surface area contributed by atoms with Crippen LogP contribution in [0, 0.1) is 6.92 Å². The van der Waals surface area contributed by atoms with Crippen LogP contribution in [0.15, 0.2) is 42.5 Å². The van der Waals surface area contributed by atoms with Gasteiger partial charge in [0.1, 0.15) is 5.75 Å². The average Bonchev–Trinajstić information content (AvgIpc) is 2.42. The number of aryl methyl sites for hydroxylation is 1. The third kappa shape index (κ3) is 3.42. The molecule has 20 heavy (non-hydrogen) atoms. The molecule has 0 bridgehead atoms. The van der Waals surface area contributed by atoms with E-state index in [1.165, 1.54) is 0 Å². The number of para-hydroxylation sites is 3. The highest BCUT2D eigenvalue weighted by atomic mass is 35.5. The van der Waals surface area contributed by atoms with E-state index in [0.29, 0.717) is 22.1 Å². The second kappa shape index (κ2) is 6.30. The minimum Gasteiger partial charge on any atom is -0.482 e. The van der Waals surface area contributed by atoms with Gasteiger partial charge in [0.05, 0.1) is 16.4 Å². The molecule has 2 aromatic rings. The first-order valence-electron chi connectivity index (χ1n) is 6.10. The zero-order chi connectivity index (χ0) is 14.5. The Bertz CT molecular complexity index is 609. The van der Waals surface area contributed by atoms with E-state index in [2.05, 4.69) is 5.32 Å². The lowest BCUT2D eigenvalue weighted by Crippen LogP contribution is -2.21. The fourth-order valence-electron chi connectivity index (χ4n) is 1.72. The third-order valence-corrected chi connectivity index (χ3v) is 3.08. The number of ether oxygens (including phenoxy) is 1. The number of nitrogens with two attached hydrogens (primary N) is 1. The van der Waals surface area contributed by atoms with Crippen LogP contribution >= 0.6 is 11.6 Å². The Morgan fingerprint density at radius 3 is 2.70 bits per heavy atom. The predicted molar refractivity (Wildman–Crippen MR) is 81.2 cm³/mol. The van der Waals surface area contributed by atoms with Gasteiger partial charge < -0.3 is 15.8 Å². The molecule has 0 heterocycles. The van der Waals surface area contributed by atoms with Gasteiger partial charge in [-0.3, -0.25) is 4.79 Å². The molecule has 3 N–H and O–H groups in total. The zero-order valence-corrected chi connectivity index (χ0v) is 11.8. The van der Waals surface area contributed by atoms with Crippen molar-refractivity contribution < 1.29 is 9.53 Å². The molecule has 0 unspecified atom stereocenters. The highest BCUT2D eigenvalue weighted by Crippen LogP contribution is 2.25. The molecule has 0 saturated carbocycles. The van der Waals surface area contributed by atoms with Gasteiger partial charge in [-0.15, -0.1) is 0 Å². The van der Waals surface area contributed by atoms with Crippen molar-refractivity contribution in [2.45, 2.75) is 6.92 Å². The number of amides is 1. The number of carbonyl (C=O) groups excluding carboxylic acids is 1. The number of anilines is 2. The molecule has 0 aliphatic rings. The van der Waals surface area contributed by atoms with Crippen LogP contribution in [-0.2, 0) is 4.79 Å². The fraction of sp³-hybridized carbons (Fsp3) is 0.133. The molecule has 0 saturated heterocycles. The Morgan fingerprint density at radius 2 is 2.00 bits per heavy atom. The summed E-state index contributed by atoms with van der Waals surface area (Å²) in [5.74, 6) is 0.197. The number of nitrogen functional groups attached to an aromatic ring is 1. The van der Waals surface area contributed by atoms with Crippen LogP contribution in [0.2, 0.25) is 5.02 Å². The maximum atomic E-state index is 11.9. The van der Waals surface area contributed by atoms with Crippen molar-refractivity contribution in [3.8, 4) is 5.75 Å². The lowest BCUT2D eigenvalue weighted by atomic mass is 10.2. The highest BCUT2D eigenvalue weighted by molar-refractivity contribution is 6.33. The van der Waals surface area contributed by atoms with E-state index in [1.807, 2.05) is 19.1 Å². The summed E-state index contributed by atoms with van der Waals surface area (Å²) in [6.07, 6.45) is 0. The number of carbonyl (C=O) groups is 1. The Labute approximate surface area is 122 Å². The largest absolute Gasteiger partial charge is 0.482 e. The van der Waals surface area contributed by atoms with Gasteiger partial charge in [0, 0.05) is 0 Å². The molecule has 0 radical (unpaired) electrons. The topological polar surface area (TPSA) is 64.3 Å².